The van der Waals surface area contributed by atoms with Gasteiger partial charge in [0.25, 0.3) is 0 Å². The van der Waals surface area contributed by atoms with Gasteiger partial charge in [0, 0.05) is 22.2 Å². The highest BCUT2D eigenvalue weighted by Gasteiger charge is 2.11. The van der Waals surface area contributed by atoms with E-state index in [4.69, 9.17) is 13.9 Å². The van der Waals surface area contributed by atoms with E-state index in [2.05, 4.69) is 0 Å². The summed E-state index contributed by atoms with van der Waals surface area (Å²) in [5.74, 6) is 1.47. The second-order valence-electron chi connectivity index (χ2n) is 4.12. The number of rotatable bonds is 2. The molecule has 19 heavy (non-hydrogen) atoms. The molecule has 0 spiro atoms. The molecule has 0 saturated heterocycles. The van der Waals surface area contributed by atoms with E-state index in [1.54, 1.807) is 26.4 Å². The first-order chi connectivity index (χ1) is 9.24. The van der Waals surface area contributed by atoms with E-state index >= 15 is 0 Å². The fourth-order valence-corrected chi connectivity index (χ4v) is 2.29. The molecule has 1 heterocycles. The molecule has 4 nitrogen and oxygen atoms in total. The van der Waals surface area contributed by atoms with E-state index in [9.17, 15) is 4.79 Å². The average molecular weight is 256 g/mol. The highest BCUT2D eigenvalue weighted by Crippen LogP contribution is 2.37. The van der Waals surface area contributed by atoms with E-state index in [1.165, 1.54) is 6.07 Å². The maximum absolute atomic E-state index is 11.3. The minimum atomic E-state index is -0.367. The second-order valence-corrected chi connectivity index (χ2v) is 4.12. The van der Waals surface area contributed by atoms with Crippen molar-refractivity contribution in [2.45, 2.75) is 0 Å². The fraction of sp³-hybridized carbons (Fsp3) is 0.133. The standard InChI is InChI=1S/C15H12O4/c1-17-11-6-7-13(18-2)15-9(11)3-5-12-10(15)4-8-14(16)19-12/h3-8H,1-2H3. The molecular formula is C15H12O4. The average Bonchev–Trinajstić information content (AvgIpc) is 2.45. The van der Waals surface area contributed by atoms with Crippen LogP contribution in [0.15, 0.2) is 45.6 Å². The Balaban J connectivity index is 2.55. The first kappa shape index (κ1) is 11.6. The zero-order valence-corrected chi connectivity index (χ0v) is 10.6. The fourth-order valence-electron chi connectivity index (χ4n) is 2.29. The van der Waals surface area contributed by atoms with Crippen molar-refractivity contribution in [3.8, 4) is 11.5 Å². The Bertz CT molecular complexity index is 817. The Labute approximate surface area is 109 Å². The molecule has 0 fully saturated rings. The molecule has 3 aromatic rings. The maximum Gasteiger partial charge on any atom is 0.336 e. The molecule has 0 aliphatic rings. The van der Waals surface area contributed by atoms with E-state index in [1.807, 2.05) is 18.2 Å². The van der Waals surface area contributed by atoms with E-state index < -0.39 is 0 Å². The number of methoxy groups -OCH3 is 2. The van der Waals surface area contributed by atoms with Crippen LogP contribution in [-0.2, 0) is 0 Å². The summed E-state index contributed by atoms with van der Waals surface area (Å²) in [4.78, 5) is 11.3. The summed E-state index contributed by atoms with van der Waals surface area (Å²) < 4.78 is 15.9. The molecule has 0 atom stereocenters. The number of hydrogen-bond acceptors (Lipinski definition) is 4. The topological polar surface area (TPSA) is 48.7 Å². The minimum Gasteiger partial charge on any atom is -0.496 e. The molecule has 0 aliphatic carbocycles. The predicted molar refractivity (Wildman–Crippen MR) is 73.1 cm³/mol. The van der Waals surface area contributed by atoms with Crippen LogP contribution in [0, 0.1) is 0 Å². The number of hydrogen-bond donors (Lipinski definition) is 0. The highest BCUT2D eigenvalue weighted by molar-refractivity contribution is 6.10. The van der Waals surface area contributed by atoms with E-state index in [-0.39, 0.29) is 5.63 Å². The van der Waals surface area contributed by atoms with Crippen molar-refractivity contribution in [1.82, 2.24) is 0 Å². The van der Waals surface area contributed by atoms with Crippen LogP contribution in [0.4, 0.5) is 0 Å². The molecule has 0 N–H and O–H groups in total. The lowest BCUT2D eigenvalue weighted by atomic mass is 10.0. The van der Waals surface area contributed by atoms with E-state index in [0.717, 1.165) is 27.7 Å². The minimum absolute atomic E-state index is 0.367. The summed E-state index contributed by atoms with van der Waals surface area (Å²) in [5.41, 5.74) is 0.167. The zero-order valence-electron chi connectivity index (χ0n) is 10.6. The van der Waals surface area contributed by atoms with Crippen LogP contribution in [0.25, 0.3) is 21.7 Å². The van der Waals surface area contributed by atoms with Gasteiger partial charge in [-0.1, -0.05) is 0 Å². The smallest absolute Gasteiger partial charge is 0.336 e. The molecule has 0 bridgehead atoms. The summed E-state index contributed by atoms with van der Waals surface area (Å²) in [5, 5.41) is 2.62. The summed E-state index contributed by atoms with van der Waals surface area (Å²) in [6.07, 6.45) is 0. The van der Waals surface area contributed by atoms with Crippen molar-refractivity contribution in [3.05, 3.63) is 46.8 Å². The molecule has 0 radical (unpaired) electrons. The summed E-state index contributed by atoms with van der Waals surface area (Å²) >= 11 is 0. The molecule has 0 unspecified atom stereocenters. The molecule has 3 rings (SSSR count). The zero-order chi connectivity index (χ0) is 13.4. The van der Waals surface area contributed by atoms with Gasteiger partial charge >= 0.3 is 5.63 Å². The van der Waals surface area contributed by atoms with Gasteiger partial charge in [0.05, 0.1) is 14.2 Å². The van der Waals surface area contributed by atoms with Crippen LogP contribution in [-0.4, -0.2) is 14.2 Å². The lowest BCUT2D eigenvalue weighted by Gasteiger charge is -2.11. The van der Waals surface area contributed by atoms with Gasteiger partial charge in [0.15, 0.2) is 0 Å². The van der Waals surface area contributed by atoms with Crippen molar-refractivity contribution < 1.29 is 13.9 Å². The van der Waals surface area contributed by atoms with Crippen LogP contribution >= 0.6 is 0 Å². The van der Waals surface area contributed by atoms with Gasteiger partial charge in [-0.2, -0.15) is 0 Å². The quantitative estimate of drug-likeness (QED) is 0.522. The van der Waals surface area contributed by atoms with Crippen molar-refractivity contribution in [2.24, 2.45) is 0 Å². The normalized spacial score (nSPS) is 10.8. The molecule has 2 aromatic carbocycles. The summed E-state index contributed by atoms with van der Waals surface area (Å²) in [6, 6.07) is 10.5. The monoisotopic (exact) mass is 256 g/mol. The lowest BCUT2D eigenvalue weighted by Crippen LogP contribution is -1.96. The molecule has 0 amide bonds. The third-order valence-corrected chi connectivity index (χ3v) is 3.14. The Hall–Kier alpha value is -2.49. The van der Waals surface area contributed by atoms with Crippen LogP contribution < -0.4 is 15.1 Å². The third-order valence-electron chi connectivity index (χ3n) is 3.14. The van der Waals surface area contributed by atoms with Gasteiger partial charge in [-0.05, 0) is 30.3 Å². The first-order valence-corrected chi connectivity index (χ1v) is 5.82. The predicted octanol–water partition coefficient (Wildman–Crippen LogP) is 2.96. The Morgan fingerprint density at radius 2 is 1.53 bits per heavy atom. The molecule has 4 heteroatoms. The van der Waals surface area contributed by atoms with Crippen molar-refractivity contribution >= 4 is 21.7 Å². The van der Waals surface area contributed by atoms with Gasteiger partial charge in [-0.3, -0.25) is 0 Å². The van der Waals surface area contributed by atoms with Gasteiger partial charge in [-0.25, -0.2) is 4.79 Å². The maximum atomic E-state index is 11.3. The van der Waals surface area contributed by atoms with Gasteiger partial charge in [-0.15, -0.1) is 0 Å². The van der Waals surface area contributed by atoms with Crippen LogP contribution in [0.3, 0.4) is 0 Å². The van der Waals surface area contributed by atoms with Crippen LogP contribution in [0.1, 0.15) is 0 Å². The number of benzene rings is 2. The summed E-state index contributed by atoms with van der Waals surface area (Å²) in [6.45, 7) is 0. The lowest BCUT2D eigenvalue weighted by molar-refractivity contribution is 0.410. The third kappa shape index (κ3) is 1.73. The van der Waals surface area contributed by atoms with Crippen LogP contribution in [0.2, 0.25) is 0 Å². The first-order valence-electron chi connectivity index (χ1n) is 5.82. The Morgan fingerprint density at radius 3 is 2.26 bits per heavy atom. The Morgan fingerprint density at radius 1 is 0.842 bits per heavy atom. The van der Waals surface area contributed by atoms with Crippen LogP contribution in [0.5, 0.6) is 11.5 Å². The largest absolute Gasteiger partial charge is 0.496 e. The van der Waals surface area contributed by atoms with E-state index in [0.29, 0.717) is 5.58 Å². The van der Waals surface area contributed by atoms with Gasteiger partial charge in [0.1, 0.15) is 17.1 Å². The Kier molecular flexibility index (Phi) is 2.63. The summed E-state index contributed by atoms with van der Waals surface area (Å²) in [7, 11) is 3.23. The molecule has 0 aliphatic heterocycles. The highest BCUT2D eigenvalue weighted by atomic mass is 16.5. The second kappa shape index (κ2) is 4.31. The SMILES string of the molecule is COc1ccc(OC)c2c1ccc1oc(=O)ccc12. The van der Waals surface area contributed by atoms with Crippen molar-refractivity contribution in [1.29, 1.82) is 0 Å². The molecule has 0 saturated carbocycles. The van der Waals surface area contributed by atoms with Gasteiger partial charge < -0.3 is 13.9 Å². The van der Waals surface area contributed by atoms with Crippen molar-refractivity contribution in [3.63, 3.8) is 0 Å². The molecule has 96 valence electrons. The number of ether oxygens (including phenoxy) is 2. The number of fused-ring (bicyclic) bond motifs is 3. The van der Waals surface area contributed by atoms with Gasteiger partial charge in [0.2, 0.25) is 0 Å². The molecular weight excluding hydrogens is 244 g/mol. The van der Waals surface area contributed by atoms with Crippen molar-refractivity contribution in [2.75, 3.05) is 14.2 Å². The molecule has 1 aromatic heterocycles.